The van der Waals surface area contributed by atoms with E-state index in [2.05, 4.69) is 15.0 Å². The molecule has 0 aliphatic rings. The molecule has 12 heteroatoms. The van der Waals surface area contributed by atoms with E-state index in [1.165, 1.54) is 13.2 Å². The van der Waals surface area contributed by atoms with Crippen molar-refractivity contribution in [1.82, 2.24) is 4.98 Å². The molecule has 0 aliphatic carbocycles. The number of Topliss-reactive ketones (excluding diaryl/α,β-unsaturated/α-hetero) is 1. The molecule has 0 aliphatic heterocycles. The number of hydrogen-bond donors (Lipinski definition) is 3. The lowest BCUT2D eigenvalue weighted by molar-refractivity contribution is -0.274. The van der Waals surface area contributed by atoms with E-state index in [0.29, 0.717) is 17.0 Å². The van der Waals surface area contributed by atoms with Gasteiger partial charge in [0.1, 0.15) is 5.75 Å². The molecule has 0 unspecified atom stereocenters. The molecule has 182 valence electrons. The van der Waals surface area contributed by atoms with Crippen LogP contribution < -0.4 is 20.1 Å². The maximum atomic E-state index is 12.7. The summed E-state index contributed by atoms with van der Waals surface area (Å²) in [4.78, 5) is 40.2. The molecule has 0 bridgehead atoms. The number of pyridine rings is 1. The lowest BCUT2D eigenvalue weighted by Gasteiger charge is -2.14. The Morgan fingerprint density at radius 3 is 2.37 bits per heavy atom. The van der Waals surface area contributed by atoms with E-state index in [9.17, 15) is 27.6 Å². The zero-order valence-electron chi connectivity index (χ0n) is 18.1. The van der Waals surface area contributed by atoms with E-state index in [4.69, 9.17) is 9.84 Å². The van der Waals surface area contributed by atoms with Crippen LogP contribution in [-0.4, -0.2) is 41.3 Å². The summed E-state index contributed by atoms with van der Waals surface area (Å²) in [7, 11) is 1.48. The molecule has 2 aromatic carbocycles. The number of nitrogens with zero attached hydrogens (tertiary/aromatic N) is 1. The maximum absolute atomic E-state index is 12.7. The van der Waals surface area contributed by atoms with Gasteiger partial charge in [0.15, 0.2) is 5.78 Å². The van der Waals surface area contributed by atoms with Crippen LogP contribution in [0.25, 0.3) is 11.1 Å². The van der Waals surface area contributed by atoms with E-state index in [1.54, 1.807) is 36.5 Å². The van der Waals surface area contributed by atoms with Crippen molar-refractivity contribution in [1.29, 1.82) is 0 Å². The van der Waals surface area contributed by atoms with Gasteiger partial charge >= 0.3 is 12.5 Å². The minimum absolute atomic E-state index is 0.207. The fraction of sp³-hybridized carbons (Fsp3) is 0.130. The van der Waals surface area contributed by atoms with Gasteiger partial charge in [0.25, 0.3) is 0 Å². The lowest BCUT2D eigenvalue weighted by atomic mass is 10.0. The van der Waals surface area contributed by atoms with Crippen molar-refractivity contribution >= 4 is 29.2 Å². The summed E-state index contributed by atoms with van der Waals surface area (Å²) in [6, 6.07) is 12.5. The Bertz CT molecular complexity index is 1250. The monoisotopic (exact) mass is 489 g/mol. The summed E-state index contributed by atoms with van der Waals surface area (Å²) in [5.41, 5.74) is 1.06. The lowest BCUT2D eigenvalue weighted by Crippen LogP contribution is -2.20. The van der Waals surface area contributed by atoms with E-state index < -0.39 is 36.3 Å². The first-order valence-electron chi connectivity index (χ1n) is 9.87. The molecule has 0 saturated carbocycles. The van der Waals surface area contributed by atoms with Crippen LogP contribution in [0.5, 0.6) is 11.6 Å². The molecule has 35 heavy (non-hydrogen) atoms. The molecule has 3 N–H and O–H groups in total. The number of benzene rings is 2. The minimum Gasteiger partial charge on any atom is -0.481 e. The van der Waals surface area contributed by atoms with Crippen molar-refractivity contribution in [2.45, 2.75) is 12.8 Å². The van der Waals surface area contributed by atoms with Crippen LogP contribution in [0.2, 0.25) is 0 Å². The summed E-state index contributed by atoms with van der Waals surface area (Å²) in [5, 5.41) is 13.1. The number of hydrogen-bond acceptors (Lipinski definition) is 6. The summed E-state index contributed by atoms with van der Waals surface area (Å²) in [6.07, 6.45) is -5.60. The first kappa shape index (κ1) is 25.0. The topological polar surface area (TPSA) is 127 Å². The van der Waals surface area contributed by atoms with Crippen molar-refractivity contribution in [3.63, 3.8) is 0 Å². The quantitative estimate of drug-likeness (QED) is 0.302. The highest BCUT2D eigenvalue weighted by Gasteiger charge is 2.31. The van der Waals surface area contributed by atoms with E-state index >= 15 is 0 Å². The van der Waals surface area contributed by atoms with Gasteiger partial charge in [0, 0.05) is 29.5 Å². The summed E-state index contributed by atoms with van der Waals surface area (Å²) >= 11 is 0. The van der Waals surface area contributed by atoms with Gasteiger partial charge in [-0.1, -0.05) is 18.2 Å². The number of rotatable bonds is 8. The fourth-order valence-corrected chi connectivity index (χ4v) is 3.03. The molecule has 0 atom stereocenters. The SMILES string of the molecule is COc1ccc(-c2cccc(C(=O)CC(=O)Nc3cc(OC(F)(F)F)ccc3NC(=O)O)c2)cn1. The summed E-state index contributed by atoms with van der Waals surface area (Å²) in [5.74, 6) is -1.71. The molecule has 1 aromatic heterocycles. The standard InChI is InChI=1S/C23H18F3N3O6/c1-34-21-8-5-15(12-27-21)13-3-2-4-14(9-13)19(30)11-20(31)28-18-10-16(35-23(24,25)26)6-7-17(18)29-22(32)33/h2-10,12,29H,11H2,1H3,(H,28,31)(H,32,33). The van der Waals surface area contributed by atoms with Crippen LogP contribution >= 0.6 is 0 Å². The van der Waals surface area contributed by atoms with Gasteiger partial charge < -0.3 is 19.9 Å². The van der Waals surface area contributed by atoms with Crippen LogP contribution in [0, 0.1) is 0 Å². The molecule has 3 rings (SSSR count). The second-order valence-electron chi connectivity index (χ2n) is 7.00. The average molecular weight is 489 g/mol. The predicted octanol–water partition coefficient (Wildman–Crippen LogP) is 4.96. The number of ether oxygens (including phenoxy) is 2. The number of alkyl halides is 3. The molecule has 2 amide bonds. The van der Waals surface area contributed by atoms with Crippen LogP contribution in [0.4, 0.5) is 29.3 Å². The third kappa shape index (κ3) is 7.19. The van der Waals surface area contributed by atoms with Crippen LogP contribution in [0.3, 0.4) is 0 Å². The normalized spacial score (nSPS) is 10.9. The first-order valence-corrected chi connectivity index (χ1v) is 9.87. The van der Waals surface area contributed by atoms with Crippen molar-refractivity contribution in [2.75, 3.05) is 17.7 Å². The third-order valence-corrected chi connectivity index (χ3v) is 4.52. The molecule has 0 saturated heterocycles. The van der Waals surface area contributed by atoms with Crippen molar-refractivity contribution in [2.24, 2.45) is 0 Å². The Labute approximate surface area is 196 Å². The number of methoxy groups -OCH3 is 1. The number of amides is 2. The van der Waals surface area contributed by atoms with Gasteiger partial charge in [-0.15, -0.1) is 13.2 Å². The number of carbonyl (C=O) groups excluding carboxylic acids is 2. The second kappa shape index (κ2) is 10.5. The molecule has 1 heterocycles. The Kier molecular flexibility index (Phi) is 7.54. The van der Waals surface area contributed by atoms with Gasteiger partial charge in [-0.25, -0.2) is 9.78 Å². The number of carboxylic acid groups (broad SMARTS) is 1. The largest absolute Gasteiger partial charge is 0.573 e. The predicted molar refractivity (Wildman–Crippen MR) is 119 cm³/mol. The average Bonchev–Trinajstić information content (AvgIpc) is 2.79. The van der Waals surface area contributed by atoms with Crippen LogP contribution in [-0.2, 0) is 4.79 Å². The summed E-state index contributed by atoms with van der Waals surface area (Å²) < 4.78 is 46.4. The summed E-state index contributed by atoms with van der Waals surface area (Å²) in [6.45, 7) is 0. The van der Waals surface area contributed by atoms with E-state index in [1.807, 2.05) is 5.32 Å². The van der Waals surface area contributed by atoms with Gasteiger partial charge in [0.2, 0.25) is 11.8 Å². The van der Waals surface area contributed by atoms with Gasteiger partial charge in [0.05, 0.1) is 24.9 Å². The molecule has 9 nitrogen and oxygen atoms in total. The number of halogens is 3. The Balaban J connectivity index is 1.75. The zero-order chi connectivity index (χ0) is 25.6. The fourth-order valence-electron chi connectivity index (χ4n) is 3.03. The molecule has 0 fully saturated rings. The van der Waals surface area contributed by atoms with Crippen LogP contribution in [0.1, 0.15) is 16.8 Å². The maximum Gasteiger partial charge on any atom is 0.573 e. The number of aromatic nitrogens is 1. The minimum atomic E-state index is -5.00. The Morgan fingerprint density at radius 1 is 0.971 bits per heavy atom. The van der Waals surface area contributed by atoms with Crippen LogP contribution in [0.15, 0.2) is 60.8 Å². The van der Waals surface area contributed by atoms with E-state index in [-0.39, 0.29) is 16.9 Å². The first-order chi connectivity index (χ1) is 16.5. The van der Waals surface area contributed by atoms with Gasteiger partial charge in [-0.3, -0.25) is 14.9 Å². The zero-order valence-corrected chi connectivity index (χ0v) is 18.1. The highest BCUT2D eigenvalue weighted by atomic mass is 19.4. The van der Waals surface area contributed by atoms with Crippen molar-refractivity contribution in [3.05, 3.63) is 66.4 Å². The second-order valence-corrected chi connectivity index (χ2v) is 7.00. The molecular formula is C23H18F3N3O6. The smallest absolute Gasteiger partial charge is 0.481 e. The molecule has 3 aromatic rings. The van der Waals surface area contributed by atoms with Gasteiger partial charge in [-0.05, 0) is 29.8 Å². The molecule has 0 spiro atoms. The highest BCUT2D eigenvalue weighted by Crippen LogP contribution is 2.31. The number of ketones is 1. The molecular weight excluding hydrogens is 471 g/mol. The molecule has 0 radical (unpaired) electrons. The van der Waals surface area contributed by atoms with Crippen molar-refractivity contribution in [3.8, 4) is 22.8 Å². The van der Waals surface area contributed by atoms with Gasteiger partial charge in [-0.2, -0.15) is 0 Å². The third-order valence-electron chi connectivity index (χ3n) is 4.52. The Morgan fingerprint density at radius 2 is 1.74 bits per heavy atom. The Hall–Kier alpha value is -4.61. The van der Waals surface area contributed by atoms with Crippen molar-refractivity contribution < 1.29 is 42.1 Å². The number of nitrogens with one attached hydrogen (secondary N) is 2. The number of carbonyl (C=O) groups is 3. The van der Waals surface area contributed by atoms with E-state index in [0.717, 1.165) is 18.2 Å². The number of anilines is 2. The highest BCUT2D eigenvalue weighted by molar-refractivity contribution is 6.12.